The van der Waals surface area contributed by atoms with Crippen molar-refractivity contribution < 1.29 is 19.7 Å². The molecule has 0 atom stereocenters. The van der Waals surface area contributed by atoms with Crippen molar-refractivity contribution in [3.8, 4) is 34.5 Å². The topological polar surface area (TPSA) is 111 Å². The fourth-order valence-electron chi connectivity index (χ4n) is 8.18. The van der Waals surface area contributed by atoms with Crippen LogP contribution in [0, 0.1) is 27.7 Å². The van der Waals surface area contributed by atoms with Crippen LogP contribution < -0.4 is 20.9 Å². The van der Waals surface area contributed by atoms with Crippen LogP contribution in [0.15, 0.2) is 48.5 Å². The number of phenolic OH excluding ortho intramolecular Hbond substituents is 2. The highest BCUT2D eigenvalue weighted by atomic mass is 16.5. The SMILES string of the molecule is Cc1c(Oc2ccc(N)c(O)c2)cc2c(c1C)C(C)(C)CC21CC(C)(C)c2c1cc(Oc1ccc(N)c(O)c1)c(C)c2C. The number of benzene rings is 4. The smallest absolute Gasteiger partial charge is 0.142 e. The van der Waals surface area contributed by atoms with Gasteiger partial charge in [-0.1, -0.05) is 27.7 Å². The third kappa shape index (κ3) is 4.30. The second kappa shape index (κ2) is 9.34. The molecule has 0 bridgehead atoms. The Labute approximate surface area is 254 Å². The highest BCUT2D eigenvalue weighted by molar-refractivity contribution is 5.68. The number of nitrogen functional groups attached to an aromatic ring is 2. The normalized spacial score (nSPS) is 17.1. The average molecular weight is 579 g/mol. The molecule has 43 heavy (non-hydrogen) atoms. The van der Waals surface area contributed by atoms with Crippen LogP contribution >= 0.6 is 0 Å². The minimum absolute atomic E-state index is 0.00454. The summed E-state index contributed by atoms with van der Waals surface area (Å²) in [7, 11) is 0. The Hall–Kier alpha value is -4.32. The predicted octanol–water partition coefficient (Wildman–Crippen LogP) is 8.73. The quantitative estimate of drug-likeness (QED) is 0.142. The molecule has 4 aromatic carbocycles. The maximum absolute atomic E-state index is 10.2. The zero-order chi connectivity index (χ0) is 31.2. The van der Waals surface area contributed by atoms with Crippen LogP contribution in [0.4, 0.5) is 11.4 Å². The summed E-state index contributed by atoms with van der Waals surface area (Å²) in [6.07, 6.45) is 1.92. The van der Waals surface area contributed by atoms with E-state index in [9.17, 15) is 10.2 Å². The van der Waals surface area contributed by atoms with Crippen LogP contribution in [0.3, 0.4) is 0 Å². The summed E-state index contributed by atoms with van der Waals surface area (Å²) in [6, 6.07) is 14.5. The molecule has 224 valence electrons. The molecule has 6 N–H and O–H groups in total. The molecule has 0 unspecified atom stereocenters. The van der Waals surface area contributed by atoms with Crippen molar-refractivity contribution in [2.24, 2.45) is 0 Å². The average Bonchev–Trinajstić information content (AvgIpc) is 3.28. The maximum Gasteiger partial charge on any atom is 0.142 e. The van der Waals surface area contributed by atoms with Gasteiger partial charge in [-0.05, 0) is 132 Å². The Morgan fingerprint density at radius 1 is 0.581 bits per heavy atom. The van der Waals surface area contributed by atoms with Gasteiger partial charge in [0, 0.05) is 17.5 Å². The van der Waals surface area contributed by atoms with Gasteiger partial charge >= 0.3 is 0 Å². The van der Waals surface area contributed by atoms with Gasteiger partial charge in [0.1, 0.15) is 34.5 Å². The second-order valence-electron chi connectivity index (χ2n) is 13.9. The number of hydrogen-bond acceptors (Lipinski definition) is 6. The summed E-state index contributed by atoms with van der Waals surface area (Å²) in [5.74, 6) is 2.65. The van der Waals surface area contributed by atoms with Gasteiger partial charge in [-0.15, -0.1) is 0 Å². The fraction of sp³-hybridized carbons (Fsp3) is 0.351. The van der Waals surface area contributed by atoms with Gasteiger partial charge in [0.15, 0.2) is 0 Å². The number of phenols is 2. The Kier molecular flexibility index (Phi) is 6.25. The zero-order valence-corrected chi connectivity index (χ0v) is 26.4. The van der Waals surface area contributed by atoms with E-state index < -0.39 is 0 Å². The van der Waals surface area contributed by atoms with Crippen molar-refractivity contribution in [2.75, 3.05) is 11.5 Å². The van der Waals surface area contributed by atoms with E-state index in [1.54, 1.807) is 36.4 Å². The Morgan fingerprint density at radius 2 is 0.953 bits per heavy atom. The van der Waals surface area contributed by atoms with Crippen LogP contribution in [-0.4, -0.2) is 10.2 Å². The van der Waals surface area contributed by atoms with Crippen molar-refractivity contribution in [2.45, 2.75) is 84.5 Å². The van der Waals surface area contributed by atoms with Gasteiger partial charge in [0.2, 0.25) is 0 Å². The molecular formula is C37H42N2O4. The standard InChI is InChI=1S/C37H42N2O4/c1-19-21(3)33-25(15-31(19)42-23-9-11-27(38)29(40)13-23)37(17-35(33,5)6)18-36(7,8)34-22(4)20(2)32(16-26(34)37)43-24-10-12-28(39)30(41)14-24/h9-16,40-41H,17-18,38-39H2,1-8H3. The van der Waals surface area contributed by atoms with E-state index in [0.717, 1.165) is 35.5 Å². The van der Waals surface area contributed by atoms with Crippen molar-refractivity contribution in [1.29, 1.82) is 0 Å². The molecule has 0 amide bonds. The highest BCUT2D eigenvalue weighted by Gasteiger charge is 2.57. The Bertz CT molecular complexity index is 1690. The van der Waals surface area contributed by atoms with E-state index in [-0.39, 0.29) is 27.7 Å². The molecule has 0 radical (unpaired) electrons. The summed E-state index contributed by atoms with van der Waals surface area (Å²) < 4.78 is 12.9. The molecule has 0 aliphatic heterocycles. The third-order valence-corrected chi connectivity index (χ3v) is 10.0. The molecule has 0 saturated heterocycles. The van der Waals surface area contributed by atoms with E-state index in [0.29, 0.717) is 22.9 Å². The maximum atomic E-state index is 10.2. The van der Waals surface area contributed by atoms with E-state index in [2.05, 4.69) is 67.5 Å². The van der Waals surface area contributed by atoms with Gasteiger partial charge in [-0.3, -0.25) is 0 Å². The molecule has 2 aliphatic rings. The number of rotatable bonds is 4. The number of nitrogens with two attached hydrogens (primary N) is 2. The van der Waals surface area contributed by atoms with E-state index in [1.165, 1.54) is 33.4 Å². The fourth-order valence-corrected chi connectivity index (χ4v) is 8.18. The van der Waals surface area contributed by atoms with Gasteiger partial charge in [0.25, 0.3) is 0 Å². The minimum atomic E-state index is -0.253. The van der Waals surface area contributed by atoms with Crippen LogP contribution in [0.25, 0.3) is 0 Å². The van der Waals surface area contributed by atoms with Gasteiger partial charge in [-0.2, -0.15) is 0 Å². The summed E-state index contributed by atoms with van der Waals surface area (Å²) in [4.78, 5) is 0. The van der Waals surface area contributed by atoms with Crippen LogP contribution in [-0.2, 0) is 16.2 Å². The van der Waals surface area contributed by atoms with Crippen molar-refractivity contribution in [3.63, 3.8) is 0 Å². The van der Waals surface area contributed by atoms with Crippen molar-refractivity contribution in [3.05, 3.63) is 93.0 Å². The summed E-state index contributed by atoms with van der Waals surface area (Å²) in [6.45, 7) is 18.0. The molecule has 4 aromatic rings. The molecule has 0 heterocycles. The van der Waals surface area contributed by atoms with Crippen molar-refractivity contribution >= 4 is 11.4 Å². The number of fused-ring (bicyclic) bond motifs is 4. The first kappa shape index (κ1) is 28.8. The van der Waals surface area contributed by atoms with E-state index >= 15 is 0 Å². The first-order valence-corrected chi connectivity index (χ1v) is 14.9. The number of aromatic hydroxyl groups is 2. The van der Waals surface area contributed by atoms with Gasteiger partial charge < -0.3 is 31.2 Å². The minimum Gasteiger partial charge on any atom is -0.506 e. The number of hydrogen-bond donors (Lipinski definition) is 4. The van der Waals surface area contributed by atoms with E-state index in [1.807, 2.05) is 0 Å². The molecule has 6 rings (SSSR count). The summed E-state index contributed by atoms with van der Waals surface area (Å²) in [5.41, 5.74) is 21.9. The molecule has 2 aliphatic carbocycles. The van der Waals surface area contributed by atoms with Crippen LogP contribution in [0.5, 0.6) is 34.5 Å². The lowest BCUT2D eigenvalue weighted by Gasteiger charge is -2.31. The number of anilines is 2. The largest absolute Gasteiger partial charge is 0.506 e. The Balaban J connectivity index is 1.56. The highest BCUT2D eigenvalue weighted by Crippen LogP contribution is 2.65. The molecule has 6 nitrogen and oxygen atoms in total. The molecule has 1 spiro atoms. The molecule has 0 aromatic heterocycles. The lowest BCUT2D eigenvalue weighted by Crippen LogP contribution is -2.27. The summed E-state index contributed by atoms with van der Waals surface area (Å²) >= 11 is 0. The molecule has 6 heteroatoms. The lowest BCUT2D eigenvalue weighted by molar-refractivity contribution is 0.348. The van der Waals surface area contributed by atoms with E-state index in [4.69, 9.17) is 20.9 Å². The molecular weight excluding hydrogens is 536 g/mol. The van der Waals surface area contributed by atoms with Gasteiger partial charge in [0.05, 0.1) is 11.4 Å². The third-order valence-electron chi connectivity index (χ3n) is 10.0. The van der Waals surface area contributed by atoms with Crippen LogP contribution in [0.2, 0.25) is 0 Å². The first-order chi connectivity index (χ1) is 20.1. The van der Waals surface area contributed by atoms with Crippen LogP contribution in [0.1, 0.15) is 85.0 Å². The summed E-state index contributed by atoms with van der Waals surface area (Å²) in [5, 5.41) is 20.5. The van der Waals surface area contributed by atoms with Crippen molar-refractivity contribution in [1.82, 2.24) is 0 Å². The predicted molar refractivity (Wildman–Crippen MR) is 173 cm³/mol. The number of ether oxygens (including phenoxy) is 2. The lowest BCUT2D eigenvalue weighted by atomic mass is 9.72. The van der Waals surface area contributed by atoms with Gasteiger partial charge in [-0.25, -0.2) is 0 Å². The molecule has 0 fully saturated rings. The Morgan fingerprint density at radius 3 is 1.30 bits per heavy atom. The second-order valence-corrected chi connectivity index (χ2v) is 13.9. The molecule has 0 saturated carbocycles. The monoisotopic (exact) mass is 578 g/mol. The zero-order valence-electron chi connectivity index (χ0n) is 26.4. The first-order valence-electron chi connectivity index (χ1n) is 14.9.